The van der Waals surface area contributed by atoms with Crippen LogP contribution in [0.4, 0.5) is 0 Å². The van der Waals surface area contributed by atoms with Crippen LogP contribution in [0.5, 0.6) is 0 Å². The van der Waals surface area contributed by atoms with Crippen molar-refractivity contribution in [2.45, 2.75) is 38.1 Å². The Morgan fingerprint density at radius 2 is 1.80 bits per heavy atom. The molecule has 0 atom stereocenters. The number of hydrogen-bond donors (Lipinski definition) is 0. The second-order valence-electron chi connectivity index (χ2n) is 5.72. The van der Waals surface area contributed by atoms with Gasteiger partial charge in [-0.15, -0.1) is 11.3 Å². The molecule has 110 valence electrons. The summed E-state index contributed by atoms with van der Waals surface area (Å²) in [4.78, 5) is 17.7. The molecule has 2 aliphatic rings. The molecule has 1 saturated heterocycles. The standard InChI is InChI=1S/C15H21ClN2OS/c16-14-7-6-13(20-14)15(19)18-10-8-17(9-11-18)12-4-2-1-3-5-12/h6-7,12H,1-5,8-11H2. The third-order valence-corrected chi connectivity index (χ3v) is 5.70. The van der Waals surface area contributed by atoms with Crippen molar-refractivity contribution in [2.24, 2.45) is 0 Å². The van der Waals surface area contributed by atoms with Crippen molar-refractivity contribution in [1.82, 2.24) is 9.80 Å². The second kappa shape index (κ2) is 6.46. The molecule has 2 fully saturated rings. The third-order valence-electron chi connectivity index (χ3n) is 4.48. The minimum Gasteiger partial charge on any atom is -0.335 e. The molecule has 0 spiro atoms. The lowest BCUT2D eigenvalue weighted by atomic mass is 9.94. The molecule has 1 aromatic heterocycles. The predicted octanol–water partition coefficient (Wildman–Crippen LogP) is 3.49. The molecule has 1 amide bonds. The molecular weight excluding hydrogens is 292 g/mol. The van der Waals surface area contributed by atoms with Crippen molar-refractivity contribution in [3.8, 4) is 0 Å². The zero-order valence-electron chi connectivity index (χ0n) is 11.7. The van der Waals surface area contributed by atoms with Gasteiger partial charge in [0.05, 0.1) is 9.21 Å². The summed E-state index contributed by atoms with van der Waals surface area (Å²) in [6, 6.07) is 4.40. The maximum atomic E-state index is 12.4. The van der Waals surface area contributed by atoms with E-state index in [0.717, 1.165) is 37.1 Å². The van der Waals surface area contributed by atoms with Crippen molar-refractivity contribution in [3.05, 3.63) is 21.3 Å². The van der Waals surface area contributed by atoms with Gasteiger partial charge in [0.25, 0.3) is 5.91 Å². The SMILES string of the molecule is O=C(c1ccc(Cl)s1)N1CCN(C2CCCCC2)CC1. The summed E-state index contributed by atoms with van der Waals surface area (Å²) >= 11 is 7.29. The first-order valence-electron chi connectivity index (χ1n) is 7.53. The zero-order chi connectivity index (χ0) is 13.9. The molecule has 20 heavy (non-hydrogen) atoms. The molecule has 0 aromatic carbocycles. The van der Waals surface area contributed by atoms with E-state index in [9.17, 15) is 4.79 Å². The Morgan fingerprint density at radius 1 is 1.10 bits per heavy atom. The Morgan fingerprint density at radius 3 is 2.40 bits per heavy atom. The van der Waals surface area contributed by atoms with Crippen molar-refractivity contribution in [2.75, 3.05) is 26.2 Å². The Labute approximate surface area is 129 Å². The maximum absolute atomic E-state index is 12.4. The third kappa shape index (κ3) is 3.18. The van der Waals surface area contributed by atoms with Gasteiger partial charge in [0.15, 0.2) is 0 Å². The first-order chi connectivity index (χ1) is 9.74. The number of carbonyl (C=O) groups is 1. The number of piperazine rings is 1. The van der Waals surface area contributed by atoms with Crippen LogP contribution in [0.25, 0.3) is 0 Å². The number of rotatable bonds is 2. The molecule has 2 heterocycles. The summed E-state index contributed by atoms with van der Waals surface area (Å²) in [6.07, 6.45) is 6.83. The van der Waals surface area contributed by atoms with Crippen LogP contribution in [0.3, 0.4) is 0 Å². The van der Waals surface area contributed by atoms with Gasteiger partial charge in [-0.25, -0.2) is 0 Å². The van der Waals surface area contributed by atoms with Crippen LogP contribution < -0.4 is 0 Å². The topological polar surface area (TPSA) is 23.6 Å². The fourth-order valence-corrected chi connectivity index (χ4v) is 4.33. The Balaban J connectivity index is 1.54. The molecule has 5 heteroatoms. The molecular formula is C15H21ClN2OS. The Hall–Kier alpha value is -0.580. The molecule has 0 N–H and O–H groups in total. The van der Waals surface area contributed by atoms with Gasteiger partial charge < -0.3 is 4.90 Å². The summed E-state index contributed by atoms with van der Waals surface area (Å²) in [5, 5.41) is 0. The summed E-state index contributed by atoms with van der Waals surface area (Å²) in [6.45, 7) is 3.75. The van der Waals surface area contributed by atoms with Crippen LogP contribution in [-0.2, 0) is 0 Å². The lowest BCUT2D eigenvalue weighted by Gasteiger charge is -2.40. The number of thiophene rings is 1. The fourth-order valence-electron chi connectivity index (χ4n) is 3.32. The van der Waals surface area contributed by atoms with E-state index in [0.29, 0.717) is 4.34 Å². The minimum absolute atomic E-state index is 0.144. The zero-order valence-corrected chi connectivity index (χ0v) is 13.3. The van der Waals surface area contributed by atoms with E-state index >= 15 is 0 Å². The average molecular weight is 313 g/mol. The van der Waals surface area contributed by atoms with E-state index in [4.69, 9.17) is 11.6 Å². The molecule has 3 nitrogen and oxygen atoms in total. The number of amides is 1. The van der Waals surface area contributed by atoms with Gasteiger partial charge >= 0.3 is 0 Å². The van der Waals surface area contributed by atoms with Crippen molar-refractivity contribution in [3.63, 3.8) is 0 Å². The second-order valence-corrected chi connectivity index (χ2v) is 7.44. The number of carbonyl (C=O) groups excluding carboxylic acids is 1. The minimum atomic E-state index is 0.144. The highest BCUT2D eigenvalue weighted by atomic mass is 35.5. The van der Waals surface area contributed by atoms with Crippen LogP contribution >= 0.6 is 22.9 Å². The maximum Gasteiger partial charge on any atom is 0.264 e. The van der Waals surface area contributed by atoms with Crippen LogP contribution in [-0.4, -0.2) is 47.9 Å². The Kier molecular flexibility index (Phi) is 4.64. The summed E-state index contributed by atoms with van der Waals surface area (Å²) in [5.41, 5.74) is 0. The first kappa shape index (κ1) is 14.4. The van der Waals surface area contributed by atoms with Crippen molar-refractivity contribution in [1.29, 1.82) is 0 Å². The highest BCUT2D eigenvalue weighted by molar-refractivity contribution is 7.17. The van der Waals surface area contributed by atoms with E-state index in [1.807, 2.05) is 11.0 Å². The predicted molar refractivity (Wildman–Crippen MR) is 83.7 cm³/mol. The highest BCUT2D eigenvalue weighted by Crippen LogP contribution is 2.25. The van der Waals surface area contributed by atoms with Crippen LogP contribution in [0.2, 0.25) is 4.34 Å². The summed E-state index contributed by atoms with van der Waals surface area (Å²) in [5.74, 6) is 0.144. The molecule has 1 aromatic rings. The molecule has 1 aliphatic heterocycles. The lowest BCUT2D eigenvalue weighted by Crippen LogP contribution is -2.52. The monoisotopic (exact) mass is 312 g/mol. The molecule has 0 radical (unpaired) electrons. The van der Waals surface area contributed by atoms with E-state index in [1.165, 1.54) is 43.4 Å². The van der Waals surface area contributed by atoms with Crippen molar-refractivity contribution >= 4 is 28.8 Å². The van der Waals surface area contributed by atoms with Gasteiger partial charge in [-0.05, 0) is 25.0 Å². The Bertz CT molecular complexity index is 462. The fraction of sp³-hybridized carbons (Fsp3) is 0.667. The smallest absolute Gasteiger partial charge is 0.264 e. The van der Waals surface area contributed by atoms with Gasteiger partial charge in [0.2, 0.25) is 0 Å². The van der Waals surface area contributed by atoms with E-state index in [1.54, 1.807) is 6.07 Å². The normalized spacial score (nSPS) is 22.1. The van der Waals surface area contributed by atoms with Crippen LogP contribution in [0.15, 0.2) is 12.1 Å². The molecule has 0 bridgehead atoms. The van der Waals surface area contributed by atoms with Gasteiger partial charge in [-0.2, -0.15) is 0 Å². The number of hydrogen-bond acceptors (Lipinski definition) is 3. The van der Waals surface area contributed by atoms with Crippen LogP contribution in [0, 0.1) is 0 Å². The van der Waals surface area contributed by atoms with Crippen molar-refractivity contribution < 1.29 is 4.79 Å². The van der Waals surface area contributed by atoms with Gasteiger partial charge in [-0.3, -0.25) is 9.69 Å². The molecule has 3 rings (SSSR count). The lowest BCUT2D eigenvalue weighted by molar-refractivity contribution is 0.0527. The van der Waals surface area contributed by atoms with E-state index in [2.05, 4.69) is 4.90 Å². The van der Waals surface area contributed by atoms with Gasteiger partial charge in [0.1, 0.15) is 0 Å². The van der Waals surface area contributed by atoms with E-state index < -0.39 is 0 Å². The van der Waals surface area contributed by atoms with Crippen LogP contribution in [0.1, 0.15) is 41.8 Å². The van der Waals surface area contributed by atoms with E-state index in [-0.39, 0.29) is 5.91 Å². The molecule has 1 saturated carbocycles. The van der Waals surface area contributed by atoms with Gasteiger partial charge in [-0.1, -0.05) is 30.9 Å². The van der Waals surface area contributed by atoms with Gasteiger partial charge in [0, 0.05) is 32.2 Å². The highest BCUT2D eigenvalue weighted by Gasteiger charge is 2.27. The first-order valence-corrected chi connectivity index (χ1v) is 8.72. The summed E-state index contributed by atoms with van der Waals surface area (Å²) < 4.78 is 0.689. The molecule has 1 aliphatic carbocycles. The number of halogens is 1. The summed E-state index contributed by atoms with van der Waals surface area (Å²) in [7, 11) is 0. The molecule has 0 unspecified atom stereocenters. The largest absolute Gasteiger partial charge is 0.335 e. The quantitative estimate of drug-likeness (QED) is 0.834. The number of nitrogens with zero attached hydrogens (tertiary/aromatic N) is 2. The average Bonchev–Trinajstić information content (AvgIpc) is 2.94.